The topological polar surface area (TPSA) is 81.5 Å². The molecule has 6 nitrogen and oxygen atoms in total. The van der Waals surface area contributed by atoms with Gasteiger partial charge in [0.25, 0.3) is 11.6 Å². The van der Waals surface area contributed by atoms with Crippen LogP contribution in [0.1, 0.15) is 34.5 Å². The first kappa shape index (κ1) is 18.3. The van der Waals surface area contributed by atoms with E-state index in [2.05, 4.69) is 10.1 Å². The Morgan fingerprint density at radius 3 is 2.60 bits per heavy atom. The van der Waals surface area contributed by atoms with Crippen molar-refractivity contribution < 1.29 is 23.2 Å². The van der Waals surface area contributed by atoms with Gasteiger partial charge in [-0.25, -0.2) is 0 Å². The molecule has 2 aromatic rings. The van der Waals surface area contributed by atoms with Gasteiger partial charge in [-0.15, -0.1) is 0 Å². The molecule has 132 valence electrons. The number of hydrogen-bond donors (Lipinski definition) is 1. The molecule has 1 atom stereocenters. The van der Waals surface area contributed by atoms with Crippen LogP contribution in [0.3, 0.4) is 0 Å². The molecule has 0 spiro atoms. The van der Waals surface area contributed by atoms with Crippen LogP contribution < -0.4 is 10.1 Å². The molecule has 0 aliphatic rings. The van der Waals surface area contributed by atoms with Crippen LogP contribution in [-0.2, 0) is 0 Å². The third kappa shape index (κ3) is 4.72. The number of halogens is 2. The summed E-state index contributed by atoms with van der Waals surface area (Å²) in [5.74, 6) is -0.518. The number of carbonyl (C=O) groups excluding carboxylic acids is 1. The highest BCUT2D eigenvalue weighted by atomic mass is 19.3. The number of nitrogens with zero attached hydrogens (tertiary/aromatic N) is 1. The third-order valence-corrected chi connectivity index (χ3v) is 3.60. The minimum atomic E-state index is -2.94. The predicted molar refractivity (Wildman–Crippen MR) is 86.8 cm³/mol. The standard InChI is InChI=1S/C17H16F2N2O4/c1-10-6-7-13(9-15(10)21(23)24)16(22)20-11(2)12-4-3-5-14(8-12)25-17(18)19/h3-9,11,17H,1-2H3,(H,20,22). The van der Waals surface area contributed by atoms with Gasteiger partial charge >= 0.3 is 6.61 Å². The second-order valence-electron chi connectivity index (χ2n) is 5.40. The van der Waals surface area contributed by atoms with Crippen LogP contribution in [0, 0.1) is 17.0 Å². The van der Waals surface area contributed by atoms with Crippen molar-refractivity contribution in [3.63, 3.8) is 0 Å². The summed E-state index contributed by atoms with van der Waals surface area (Å²) in [6.07, 6.45) is 0. The number of hydrogen-bond acceptors (Lipinski definition) is 4. The molecule has 0 bridgehead atoms. The molecule has 0 saturated carbocycles. The number of amides is 1. The quantitative estimate of drug-likeness (QED) is 0.631. The molecule has 2 rings (SSSR count). The second kappa shape index (κ2) is 7.69. The summed E-state index contributed by atoms with van der Waals surface area (Å²) in [5, 5.41) is 13.6. The van der Waals surface area contributed by atoms with Crippen molar-refractivity contribution in [2.24, 2.45) is 0 Å². The number of aryl methyl sites for hydroxylation is 1. The van der Waals surface area contributed by atoms with Crippen LogP contribution in [0.15, 0.2) is 42.5 Å². The van der Waals surface area contributed by atoms with Gasteiger partial charge in [-0.2, -0.15) is 8.78 Å². The molecule has 0 aliphatic heterocycles. The highest BCUT2D eigenvalue weighted by molar-refractivity contribution is 5.95. The van der Waals surface area contributed by atoms with Gasteiger partial charge in [0.2, 0.25) is 0 Å². The Morgan fingerprint density at radius 2 is 1.96 bits per heavy atom. The Labute approximate surface area is 142 Å². The zero-order chi connectivity index (χ0) is 18.6. The van der Waals surface area contributed by atoms with Gasteiger partial charge in [0.15, 0.2) is 0 Å². The lowest BCUT2D eigenvalue weighted by molar-refractivity contribution is -0.385. The normalized spacial score (nSPS) is 11.9. The van der Waals surface area contributed by atoms with Crippen LogP contribution >= 0.6 is 0 Å². The van der Waals surface area contributed by atoms with E-state index in [-0.39, 0.29) is 17.0 Å². The molecular weight excluding hydrogens is 334 g/mol. The highest BCUT2D eigenvalue weighted by Crippen LogP contribution is 2.22. The predicted octanol–water partition coefficient (Wildman–Crippen LogP) is 4.00. The molecule has 0 heterocycles. The van der Waals surface area contributed by atoms with Crippen LogP contribution in [0.4, 0.5) is 14.5 Å². The van der Waals surface area contributed by atoms with Gasteiger partial charge in [-0.1, -0.05) is 18.2 Å². The summed E-state index contributed by atoms with van der Waals surface area (Å²) >= 11 is 0. The van der Waals surface area contributed by atoms with Crippen LogP contribution in [0.5, 0.6) is 5.75 Å². The molecule has 1 amide bonds. The molecule has 1 N–H and O–H groups in total. The Balaban J connectivity index is 2.15. The monoisotopic (exact) mass is 350 g/mol. The fourth-order valence-electron chi connectivity index (χ4n) is 2.27. The Bertz CT molecular complexity index is 796. The molecular formula is C17H16F2N2O4. The average molecular weight is 350 g/mol. The summed E-state index contributed by atoms with van der Waals surface area (Å²) < 4.78 is 28.9. The molecule has 8 heteroatoms. The van der Waals surface area contributed by atoms with E-state index >= 15 is 0 Å². The van der Waals surface area contributed by atoms with Crippen molar-refractivity contribution in [3.8, 4) is 5.75 Å². The smallest absolute Gasteiger partial charge is 0.387 e. The van der Waals surface area contributed by atoms with Gasteiger partial charge in [0.05, 0.1) is 11.0 Å². The zero-order valence-electron chi connectivity index (χ0n) is 13.5. The number of carbonyl (C=O) groups is 1. The van der Waals surface area contributed by atoms with Crippen molar-refractivity contribution in [1.29, 1.82) is 0 Å². The van der Waals surface area contributed by atoms with Crippen molar-refractivity contribution >= 4 is 11.6 Å². The number of nitro groups is 1. The van der Waals surface area contributed by atoms with Gasteiger partial charge in [0, 0.05) is 17.2 Å². The Hall–Kier alpha value is -3.03. The van der Waals surface area contributed by atoms with Gasteiger partial charge in [0.1, 0.15) is 5.75 Å². The number of alkyl halides is 2. The fraction of sp³-hybridized carbons (Fsp3) is 0.235. The zero-order valence-corrected chi connectivity index (χ0v) is 13.5. The molecule has 0 radical (unpaired) electrons. The summed E-state index contributed by atoms with van der Waals surface area (Å²) in [7, 11) is 0. The molecule has 0 saturated heterocycles. The molecule has 25 heavy (non-hydrogen) atoms. The summed E-state index contributed by atoms with van der Waals surface area (Å²) in [6, 6.07) is 9.65. The maximum absolute atomic E-state index is 12.3. The van der Waals surface area contributed by atoms with E-state index in [0.29, 0.717) is 11.1 Å². The van der Waals surface area contributed by atoms with Crippen molar-refractivity contribution in [2.45, 2.75) is 26.5 Å². The maximum Gasteiger partial charge on any atom is 0.387 e. The van der Waals surface area contributed by atoms with Crippen molar-refractivity contribution in [2.75, 3.05) is 0 Å². The van der Waals surface area contributed by atoms with Crippen LogP contribution in [-0.4, -0.2) is 17.4 Å². The first-order valence-electron chi connectivity index (χ1n) is 7.38. The van der Waals surface area contributed by atoms with Crippen LogP contribution in [0.2, 0.25) is 0 Å². The minimum Gasteiger partial charge on any atom is -0.435 e. The highest BCUT2D eigenvalue weighted by Gasteiger charge is 2.17. The first-order valence-corrected chi connectivity index (χ1v) is 7.38. The van der Waals surface area contributed by atoms with E-state index in [0.717, 1.165) is 0 Å². The van der Waals surface area contributed by atoms with E-state index in [1.165, 1.54) is 36.4 Å². The van der Waals surface area contributed by atoms with E-state index in [1.54, 1.807) is 19.9 Å². The second-order valence-corrected chi connectivity index (χ2v) is 5.40. The summed E-state index contributed by atoms with van der Waals surface area (Å²) in [5.41, 5.74) is 1.01. The van der Waals surface area contributed by atoms with E-state index < -0.39 is 23.5 Å². The Kier molecular flexibility index (Phi) is 5.63. The first-order chi connectivity index (χ1) is 11.8. The number of ether oxygens (including phenoxy) is 1. The third-order valence-electron chi connectivity index (χ3n) is 3.60. The van der Waals surface area contributed by atoms with Crippen molar-refractivity contribution in [3.05, 3.63) is 69.3 Å². The maximum atomic E-state index is 12.3. The van der Waals surface area contributed by atoms with E-state index in [4.69, 9.17) is 0 Å². The molecule has 2 aromatic carbocycles. The lowest BCUT2D eigenvalue weighted by Gasteiger charge is -2.15. The summed E-state index contributed by atoms with van der Waals surface area (Å²) in [6.45, 7) is 0.312. The molecule has 0 aromatic heterocycles. The Morgan fingerprint density at radius 1 is 1.24 bits per heavy atom. The number of rotatable bonds is 6. The van der Waals surface area contributed by atoms with E-state index in [9.17, 15) is 23.7 Å². The van der Waals surface area contributed by atoms with E-state index in [1.807, 2.05) is 0 Å². The van der Waals surface area contributed by atoms with Gasteiger partial charge in [-0.05, 0) is 37.6 Å². The van der Waals surface area contributed by atoms with Crippen molar-refractivity contribution in [1.82, 2.24) is 5.32 Å². The minimum absolute atomic E-state index is 0.0143. The lowest BCUT2D eigenvalue weighted by atomic mass is 10.1. The fourth-order valence-corrected chi connectivity index (χ4v) is 2.27. The number of nitrogens with one attached hydrogen (secondary N) is 1. The molecule has 0 fully saturated rings. The lowest BCUT2D eigenvalue weighted by Crippen LogP contribution is -2.26. The average Bonchev–Trinajstić information content (AvgIpc) is 2.54. The van der Waals surface area contributed by atoms with Gasteiger partial charge in [-0.3, -0.25) is 14.9 Å². The van der Waals surface area contributed by atoms with Crippen LogP contribution in [0.25, 0.3) is 0 Å². The number of nitro benzene ring substituents is 1. The molecule has 1 unspecified atom stereocenters. The molecule has 0 aliphatic carbocycles. The number of benzene rings is 2. The SMILES string of the molecule is Cc1ccc(C(=O)NC(C)c2cccc(OC(F)F)c2)cc1[N+](=O)[O-]. The largest absolute Gasteiger partial charge is 0.435 e. The summed E-state index contributed by atoms with van der Waals surface area (Å²) in [4.78, 5) is 22.7. The van der Waals surface area contributed by atoms with Gasteiger partial charge < -0.3 is 10.1 Å².